The maximum atomic E-state index is 5.76. The minimum absolute atomic E-state index is 0.500. The number of nitrogens with two attached hydrogens (primary N) is 1. The summed E-state index contributed by atoms with van der Waals surface area (Å²) in [6, 6.07) is 7.25. The van der Waals surface area contributed by atoms with E-state index in [4.69, 9.17) is 22.1 Å². The lowest BCUT2D eigenvalue weighted by atomic mass is 10.3. The lowest BCUT2D eigenvalue weighted by Gasteiger charge is -2.07. The molecule has 0 radical (unpaired) electrons. The van der Waals surface area contributed by atoms with E-state index >= 15 is 0 Å². The SMILES string of the molecule is Nc1nccn1CCOc1ccc(Cl)cc1. The van der Waals surface area contributed by atoms with E-state index in [9.17, 15) is 0 Å². The van der Waals surface area contributed by atoms with Crippen molar-refractivity contribution in [2.75, 3.05) is 12.3 Å². The molecule has 1 aromatic heterocycles. The minimum Gasteiger partial charge on any atom is -0.492 e. The van der Waals surface area contributed by atoms with Gasteiger partial charge in [0.05, 0.1) is 6.54 Å². The van der Waals surface area contributed by atoms with Gasteiger partial charge in [-0.3, -0.25) is 0 Å². The molecule has 0 unspecified atom stereocenters. The average Bonchev–Trinajstić information content (AvgIpc) is 2.68. The number of imidazole rings is 1. The summed E-state index contributed by atoms with van der Waals surface area (Å²) in [4.78, 5) is 3.92. The van der Waals surface area contributed by atoms with E-state index in [1.54, 1.807) is 18.3 Å². The smallest absolute Gasteiger partial charge is 0.200 e. The van der Waals surface area contributed by atoms with Gasteiger partial charge >= 0.3 is 0 Å². The van der Waals surface area contributed by atoms with Crippen molar-refractivity contribution in [3.05, 3.63) is 41.7 Å². The van der Waals surface area contributed by atoms with Crippen LogP contribution in [0.3, 0.4) is 0 Å². The van der Waals surface area contributed by atoms with Gasteiger partial charge in [-0.25, -0.2) is 4.98 Å². The van der Waals surface area contributed by atoms with Crippen LogP contribution in [0.25, 0.3) is 0 Å². The highest BCUT2D eigenvalue weighted by Gasteiger charge is 1.98. The minimum atomic E-state index is 0.500. The molecule has 0 atom stereocenters. The Hall–Kier alpha value is -1.68. The summed E-state index contributed by atoms with van der Waals surface area (Å²) in [5, 5.41) is 0.700. The molecular weight excluding hydrogens is 226 g/mol. The maximum absolute atomic E-state index is 5.76. The molecule has 4 nitrogen and oxygen atoms in total. The summed E-state index contributed by atoms with van der Waals surface area (Å²) in [5.41, 5.74) is 5.62. The van der Waals surface area contributed by atoms with Crippen LogP contribution in [0.4, 0.5) is 5.95 Å². The average molecular weight is 238 g/mol. The molecule has 0 aliphatic rings. The van der Waals surface area contributed by atoms with Gasteiger partial charge in [-0.15, -0.1) is 0 Å². The highest BCUT2D eigenvalue weighted by Crippen LogP contribution is 2.15. The molecule has 2 rings (SSSR count). The Morgan fingerprint density at radius 3 is 2.69 bits per heavy atom. The first-order valence-corrected chi connectivity index (χ1v) is 5.28. The fourth-order valence-electron chi connectivity index (χ4n) is 1.32. The normalized spacial score (nSPS) is 10.3. The summed E-state index contributed by atoms with van der Waals surface area (Å²) in [5.74, 6) is 1.29. The summed E-state index contributed by atoms with van der Waals surface area (Å²) < 4.78 is 7.36. The lowest BCUT2D eigenvalue weighted by molar-refractivity contribution is 0.299. The van der Waals surface area contributed by atoms with Gasteiger partial charge in [0.1, 0.15) is 12.4 Å². The van der Waals surface area contributed by atoms with Gasteiger partial charge in [0.25, 0.3) is 0 Å². The zero-order valence-corrected chi connectivity index (χ0v) is 9.39. The van der Waals surface area contributed by atoms with Crippen LogP contribution >= 0.6 is 11.6 Å². The Kier molecular flexibility index (Phi) is 3.31. The van der Waals surface area contributed by atoms with Crippen molar-refractivity contribution < 1.29 is 4.74 Å². The van der Waals surface area contributed by atoms with E-state index in [0.29, 0.717) is 24.1 Å². The second-order valence-corrected chi connectivity index (χ2v) is 3.72. The monoisotopic (exact) mass is 237 g/mol. The van der Waals surface area contributed by atoms with E-state index in [1.165, 1.54) is 0 Å². The van der Waals surface area contributed by atoms with Crippen LogP contribution in [0.1, 0.15) is 0 Å². The number of aromatic nitrogens is 2. The van der Waals surface area contributed by atoms with Crippen molar-refractivity contribution in [3.63, 3.8) is 0 Å². The maximum Gasteiger partial charge on any atom is 0.200 e. The molecule has 2 N–H and O–H groups in total. The van der Waals surface area contributed by atoms with Crippen LogP contribution in [0, 0.1) is 0 Å². The second-order valence-electron chi connectivity index (χ2n) is 3.28. The number of hydrogen-bond acceptors (Lipinski definition) is 3. The van der Waals surface area contributed by atoms with Crippen molar-refractivity contribution in [1.82, 2.24) is 9.55 Å². The standard InChI is InChI=1S/C11H12ClN3O/c12-9-1-3-10(4-2-9)16-8-7-15-6-5-14-11(15)13/h1-6H,7-8H2,(H2,13,14). The summed E-state index contributed by atoms with van der Waals surface area (Å²) >= 11 is 5.76. The van der Waals surface area contributed by atoms with E-state index in [-0.39, 0.29) is 0 Å². The van der Waals surface area contributed by atoms with Crippen LogP contribution in [0.15, 0.2) is 36.7 Å². The number of halogens is 1. The fraction of sp³-hybridized carbons (Fsp3) is 0.182. The molecule has 5 heteroatoms. The van der Waals surface area contributed by atoms with E-state index < -0.39 is 0 Å². The first-order valence-electron chi connectivity index (χ1n) is 4.90. The zero-order valence-electron chi connectivity index (χ0n) is 8.64. The molecule has 0 fully saturated rings. The van der Waals surface area contributed by atoms with Crippen LogP contribution in [-0.2, 0) is 6.54 Å². The van der Waals surface area contributed by atoms with Crippen LogP contribution in [0.5, 0.6) is 5.75 Å². The van der Waals surface area contributed by atoms with Crippen molar-refractivity contribution in [2.24, 2.45) is 0 Å². The van der Waals surface area contributed by atoms with E-state index in [1.807, 2.05) is 22.9 Å². The highest BCUT2D eigenvalue weighted by atomic mass is 35.5. The predicted molar refractivity (Wildman–Crippen MR) is 63.6 cm³/mol. The molecule has 84 valence electrons. The molecule has 0 spiro atoms. The Morgan fingerprint density at radius 2 is 2.06 bits per heavy atom. The molecule has 0 aliphatic heterocycles. The predicted octanol–water partition coefficient (Wildman–Crippen LogP) is 2.20. The summed E-state index contributed by atoms with van der Waals surface area (Å²) in [6.45, 7) is 1.22. The molecule has 0 saturated heterocycles. The van der Waals surface area contributed by atoms with Crippen molar-refractivity contribution in [1.29, 1.82) is 0 Å². The Labute approximate surface area is 98.6 Å². The van der Waals surface area contributed by atoms with Gasteiger partial charge in [-0.1, -0.05) is 11.6 Å². The first kappa shape index (κ1) is 10.8. The topological polar surface area (TPSA) is 53.1 Å². The lowest BCUT2D eigenvalue weighted by Crippen LogP contribution is -2.09. The molecule has 2 aromatic rings. The number of rotatable bonds is 4. The summed E-state index contributed by atoms with van der Waals surface area (Å²) in [7, 11) is 0. The molecular formula is C11H12ClN3O. The number of benzene rings is 1. The van der Waals surface area contributed by atoms with Crippen LogP contribution < -0.4 is 10.5 Å². The third-order valence-electron chi connectivity index (χ3n) is 2.16. The van der Waals surface area contributed by atoms with Crippen LogP contribution in [-0.4, -0.2) is 16.2 Å². The zero-order chi connectivity index (χ0) is 11.4. The third kappa shape index (κ3) is 2.67. The van der Waals surface area contributed by atoms with Crippen molar-refractivity contribution in [3.8, 4) is 5.75 Å². The van der Waals surface area contributed by atoms with Gasteiger partial charge in [-0.2, -0.15) is 0 Å². The Balaban J connectivity index is 1.84. The van der Waals surface area contributed by atoms with Crippen molar-refractivity contribution >= 4 is 17.5 Å². The second kappa shape index (κ2) is 4.90. The Morgan fingerprint density at radius 1 is 1.31 bits per heavy atom. The molecule has 0 amide bonds. The molecule has 0 aliphatic carbocycles. The van der Waals surface area contributed by atoms with Gasteiger partial charge in [0.2, 0.25) is 0 Å². The molecule has 1 heterocycles. The number of ether oxygens (including phenoxy) is 1. The fourth-order valence-corrected chi connectivity index (χ4v) is 1.45. The molecule has 1 aromatic carbocycles. The molecule has 0 bridgehead atoms. The molecule has 0 saturated carbocycles. The Bertz CT molecular complexity index is 453. The number of hydrogen-bond donors (Lipinski definition) is 1. The van der Waals surface area contributed by atoms with Gasteiger partial charge in [0.15, 0.2) is 5.95 Å². The number of nitrogen functional groups attached to an aromatic ring is 1. The highest BCUT2D eigenvalue weighted by molar-refractivity contribution is 6.30. The van der Waals surface area contributed by atoms with E-state index in [0.717, 1.165) is 5.75 Å². The van der Waals surface area contributed by atoms with Crippen LogP contribution in [0.2, 0.25) is 5.02 Å². The van der Waals surface area contributed by atoms with Crippen molar-refractivity contribution in [2.45, 2.75) is 6.54 Å². The third-order valence-corrected chi connectivity index (χ3v) is 2.41. The number of nitrogens with zero attached hydrogens (tertiary/aromatic N) is 2. The molecule has 16 heavy (non-hydrogen) atoms. The van der Waals surface area contributed by atoms with Gasteiger partial charge in [0, 0.05) is 17.4 Å². The summed E-state index contributed by atoms with van der Waals surface area (Å²) in [6.07, 6.45) is 3.48. The quantitative estimate of drug-likeness (QED) is 0.887. The number of anilines is 1. The first-order chi connectivity index (χ1) is 7.75. The van der Waals surface area contributed by atoms with Gasteiger partial charge in [-0.05, 0) is 24.3 Å². The van der Waals surface area contributed by atoms with E-state index in [2.05, 4.69) is 4.98 Å². The van der Waals surface area contributed by atoms with Gasteiger partial charge < -0.3 is 15.0 Å². The largest absolute Gasteiger partial charge is 0.492 e.